The fourth-order valence-electron chi connectivity index (χ4n) is 4.24. The maximum Gasteiger partial charge on any atom is 0.238 e. The summed E-state index contributed by atoms with van der Waals surface area (Å²) in [4.78, 5) is 31.4. The first-order chi connectivity index (χ1) is 17.9. The average Bonchev–Trinajstić information content (AvgIpc) is 3.60. The van der Waals surface area contributed by atoms with Gasteiger partial charge in [-0.1, -0.05) is 0 Å². The monoisotopic (exact) mass is 512 g/mol. The number of aromatic nitrogens is 6. The zero-order chi connectivity index (χ0) is 25.5. The van der Waals surface area contributed by atoms with Gasteiger partial charge in [0.15, 0.2) is 5.13 Å². The Morgan fingerprint density at radius 1 is 1.08 bits per heavy atom. The second-order valence-corrected chi connectivity index (χ2v) is 9.88. The van der Waals surface area contributed by atoms with Crippen molar-refractivity contribution in [3.05, 3.63) is 66.3 Å². The maximum absolute atomic E-state index is 13.7. The summed E-state index contributed by atoms with van der Waals surface area (Å²) < 4.78 is 13.7. The minimum Gasteiger partial charge on any atom is -0.338 e. The third-order valence-corrected chi connectivity index (χ3v) is 6.76. The predicted octanol–water partition coefficient (Wildman–Crippen LogP) is 4.93. The number of pyridine rings is 3. The number of H-pyrrole nitrogens is 2. The van der Waals surface area contributed by atoms with Crippen molar-refractivity contribution >= 4 is 44.9 Å². The zero-order valence-corrected chi connectivity index (χ0v) is 20.7. The molecule has 11 heteroatoms. The Labute approximate surface area is 214 Å². The highest BCUT2D eigenvalue weighted by atomic mass is 32.1. The van der Waals surface area contributed by atoms with Crippen LogP contribution in [0.5, 0.6) is 0 Å². The van der Waals surface area contributed by atoms with Gasteiger partial charge >= 0.3 is 0 Å². The summed E-state index contributed by atoms with van der Waals surface area (Å²) in [6, 6.07) is 10.9. The number of likely N-dealkylation sites (N-methyl/N-ethyl adjacent to an activating group) is 1. The van der Waals surface area contributed by atoms with Crippen molar-refractivity contribution in [2.24, 2.45) is 0 Å². The number of rotatable bonds is 6. The molecule has 3 N–H and O–H groups in total. The van der Waals surface area contributed by atoms with Crippen molar-refractivity contribution in [2.45, 2.75) is 0 Å². The van der Waals surface area contributed by atoms with Crippen molar-refractivity contribution in [3.8, 4) is 33.1 Å². The molecule has 0 saturated heterocycles. The van der Waals surface area contributed by atoms with E-state index in [1.807, 2.05) is 38.4 Å². The third-order valence-electron chi connectivity index (χ3n) is 5.85. The summed E-state index contributed by atoms with van der Waals surface area (Å²) in [6.45, 7) is 0.273. The van der Waals surface area contributed by atoms with Gasteiger partial charge in [-0.3, -0.25) is 19.9 Å². The quantitative estimate of drug-likeness (QED) is 0.291. The molecule has 184 valence electrons. The SMILES string of the molecule is CN(C)CC(=O)Nc1cncc(-c2cc3c(-c4cc5c(-c6ccc(F)s6)ccnc5[nH]4)n[nH]c3cn2)c1. The third kappa shape index (κ3) is 4.46. The van der Waals surface area contributed by atoms with Crippen LogP contribution in [0, 0.1) is 5.13 Å². The molecule has 0 aliphatic rings. The number of amides is 1. The molecule has 0 unspecified atom stereocenters. The molecule has 0 fully saturated rings. The van der Waals surface area contributed by atoms with Gasteiger partial charge in [0.25, 0.3) is 0 Å². The van der Waals surface area contributed by atoms with Gasteiger partial charge in [0.05, 0.1) is 41.5 Å². The van der Waals surface area contributed by atoms with E-state index < -0.39 is 0 Å². The van der Waals surface area contributed by atoms with E-state index in [1.165, 1.54) is 6.07 Å². The van der Waals surface area contributed by atoms with Crippen LogP contribution >= 0.6 is 11.3 Å². The average molecular weight is 513 g/mol. The highest BCUT2D eigenvalue weighted by Crippen LogP contribution is 2.36. The number of aromatic amines is 2. The fourth-order valence-corrected chi connectivity index (χ4v) is 5.01. The Morgan fingerprint density at radius 3 is 2.78 bits per heavy atom. The van der Waals surface area contributed by atoms with E-state index in [0.717, 1.165) is 49.3 Å². The van der Waals surface area contributed by atoms with Gasteiger partial charge in [-0.25, -0.2) is 4.98 Å². The second-order valence-electron chi connectivity index (χ2n) is 8.84. The molecule has 0 radical (unpaired) electrons. The summed E-state index contributed by atoms with van der Waals surface area (Å²) in [5, 5.41) is 11.9. The summed E-state index contributed by atoms with van der Waals surface area (Å²) in [5.41, 5.74) is 5.90. The number of hydrogen-bond donors (Lipinski definition) is 3. The lowest BCUT2D eigenvalue weighted by Gasteiger charge is -2.10. The molecular formula is C26H21FN8OS. The van der Waals surface area contributed by atoms with Crippen molar-refractivity contribution in [3.63, 3.8) is 0 Å². The summed E-state index contributed by atoms with van der Waals surface area (Å²) in [7, 11) is 3.67. The lowest BCUT2D eigenvalue weighted by Crippen LogP contribution is -2.27. The number of halogens is 1. The maximum atomic E-state index is 13.7. The predicted molar refractivity (Wildman–Crippen MR) is 143 cm³/mol. The van der Waals surface area contributed by atoms with Crippen LogP contribution in [-0.4, -0.2) is 61.6 Å². The number of nitrogens with zero attached hydrogens (tertiary/aromatic N) is 5. The first-order valence-corrected chi connectivity index (χ1v) is 12.2. The van der Waals surface area contributed by atoms with Crippen LogP contribution in [0.3, 0.4) is 0 Å². The minimum absolute atomic E-state index is 0.124. The lowest BCUT2D eigenvalue weighted by atomic mass is 10.1. The number of carbonyl (C=O) groups excluding carboxylic acids is 1. The van der Waals surface area contributed by atoms with E-state index in [1.54, 1.807) is 35.8 Å². The van der Waals surface area contributed by atoms with Crippen LogP contribution in [-0.2, 0) is 4.79 Å². The number of carbonyl (C=O) groups is 1. The molecule has 0 saturated carbocycles. The van der Waals surface area contributed by atoms with Crippen molar-refractivity contribution in [2.75, 3.05) is 26.0 Å². The molecule has 0 spiro atoms. The fraction of sp³-hybridized carbons (Fsp3) is 0.115. The molecule has 0 aliphatic carbocycles. The molecule has 9 nitrogen and oxygen atoms in total. The topological polar surface area (TPSA) is 115 Å². The molecule has 0 bridgehead atoms. The van der Waals surface area contributed by atoms with E-state index in [9.17, 15) is 9.18 Å². The van der Waals surface area contributed by atoms with E-state index in [2.05, 4.69) is 35.5 Å². The molecule has 6 rings (SSSR count). The van der Waals surface area contributed by atoms with E-state index >= 15 is 0 Å². The first-order valence-electron chi connectivity index (χ1n) is 11.4. The summed E-state index contributed by atoms with van der Waals surface area (Å²) >= 11 is 1.10. The van der Waals surface area contributed by atoms with Crippen molar-refractivity contribution < 1.29 is 9.18 Å². The smallest absolute Gasteiger partial charge is 0.238 e. The zero-order valence-electron chi connectivity index (χ0n) is 19.9. The Kier molecular flexibility index (Phi) is 5.70. The molecule has 37 heavy (non-hydrogen) atoms. The molecule has 6 heterocycles. The second kappa shape index (κ2) is 9.19. The number of fused-ring (bicyclic) bond motifs is 2. The van der Waals surface area contributed by atoms with Gasteiger partial charge in [0.1, 0.15) is 11.3 Å². The van der Waals surface area contributed by atoms with Crippen LogP contribution < -0.4 is 5.32 Å². The molecule has 1 amide bonds. The van der Waals surface area contributed by atoms with Crippen LogP contribution in [0.2, 0.25) is 0 Å². The van der Waals surface area contributed by atoms with Gasteiger partial charge in [-0.05, 0) is 50.5 Å². The van der Waals surface area contributed by atoms with E-state index in [0.29, 0.717) is 22.7 Å². The largest absolute Gasteiger partial charge is 0.338 e. The van der Waals surface area contributed by atoms with Gasteiger partial charge < -0.3 is 15.2 Å². The summed E-state index contributed by atoms with van der Waals surface area (Å²) in [6.07, 6.45) is 6.74. The van der Waals surface area contributed by atoms with Crippen LogP contribution in [0.15, 0.2) is 61.2 Å². The van der Waals surface area contributed by atoms with Gasteiger partial charge in [0, 0.05) is 39.2 Å². The van der Waals surface area contributed by atoms with E-state index in [-0.39, 0.29) is 17.6 Å². The van der Waals surface area contributed by atoms with Crippen molar-refractivity contribution in [1.29, 1.82) is 0 Å². The first kappa shape index (κ1) is 23.0. The van der Waals surface area contributed by atoms with Crippen LogP contribution in [0.4, 0.5) is 10.1 Å². The molecule has 6 aromatic heterocycles. The molecule has 0 aromatic carbocycles. The van der Waals surface area contributed by atoms with Gasteiger partial charge in [0.2, 0.25) is 5.91 Å². The molecule has 6 aromatic rings. The number of thiophene rings is 1. The highest BCUT2D eigenvalue weighted by molar-refractivity contribution is 7.14. The number of nitrogens with one attached hydrogen (secondary N) is 3. The molecular weight excluding hydrogens is 491 g/mol. The Hall–Kier alpha value is -4.48. The number of anilines is 1. The number of hydrogen-bond acceptors (Lipinski definition) is 7. The van der Waals surface area contributed by atoms with Crippen LogP contribution in [0.1, 0.15) is 0 Å². The Bertz CT molecular complexity index is 1770. The standard InChI is InChI=1S/C26H21FN8OS/c1-35(2)13-24(36)31-15-7-14(10-28-11-15)19-9-18-21(12-30-19)33-34-25(18)20-8-17-16(5-6-29-26(17)32-20)22-3-4-23(27)37-22/h3-12H,13H2,1-2H3,(H,29,32)(H,31,36)(H,33,34). The summed E-state index contributed by atoms with van der Waals surface area (Å²) in [5.74, 6) is -0.124. The highest BCUT2D eigenvalue weighted by Gasteiger charge is 2.16. The lowest BCUT2D eigenvalue weighted by molar-refractivity contribution is -0.116. The Morgan fingerprint density at radius 2 is 1.97 bits per heavy atom. The molecule has 0 atom stereocenters. The van der Waals surface area contributed by atoms with Crippen molar-refractivity contribution in [1.82, 2.24) is 35.0 Å². The van der Waals surface area contributed by atoms with Gasteiger partial charge in [-0.2, -0.15) is 9.49 Å². The molecule has 0 aliphatic heterocycles. The normalized spacial score (nSPS) is 11.6. The Balaban J connectivity index is 1.38. The minimum atomic E-state index is -0.232. The van der Waals surface area contributed by atoms with Crippen LogP contribution in [0.25, 0.3) is 55.0 Å². The van der Waals surface area contributed by atoms with E-state index in [4.69, 9.17) is 0 Å². The van der Waals surface area contributed by atoms with Gasteiger partial charge in [-0.15, -0.1) is 11.3 Å².